The van der Waals surface area contributed by atoms with Crippen LogP contribution in [0.2, 0.25) is 0 Å². The Hall–Kier alpha value is 2.69. The maximum absolute atomic E-state index is 4.90. The van der Waals surface area contributed by atoms with Crippen molar-refractivity contribution in [3.8, 4) is 0 Å². The van der Waals surface area contributed by atoms with Crippen LogP contribution in [0.4, 0.5) is 0 Å². The monoisotopic (exact) mass is 134 g/mol. The van der Waals surface area contributed by atoms with Gasteiger partial charge in [-0.15, -0.1) is 0 Å². The first kappa shape index (κ1) is 22.6. The summed E-state index contributed by atoms with van der Waals surface area (Å²) in [6.45, 7) is 1.19. The van der Waals surface area contributed by atoms with Crippen molar-refractivity contribution in [2.75, 3.05) is 13.1 Å². The Balaban J connectivity index is -0.0000000150. The van der Waals surface area contributed by atoms with Crippen molar-refractivity contribution in [3.63, 3.8) is 0 Å². The first-order valence-electron chi connectivity index (χ1n) is 1.32. The van der Waals surface area contributed by atoms with Gasteiger partial charge in [-0.1, -0.05) is 0 Å². The van der Waals surface area contributed by atoms with Crippen molar-refractivity contribution in [2.24, 2.45) is 11.5 Å². The molecular weight excluding hydrogens is 122 g/mol. The van der Waals surface area contributed by atoms with Gasteiger partial charge < -0.3 is 11.5 Å². The Morgan fingerprint density at radius 1 is 0.857 bits per heavy atom. The van der Waals surface area contributed by atoms with E-state index in [2.05, 4.69) is 0 Å². The van der Waals surface area contributed by atoms with Crippen LogP contribution in [0.1, 0.15) is 0 Å². The third kappa shape index (κ3) is 28.6. The fraction of sp³-hybridized carbons (Fsp3) is 1.00. The van der Waals surface area contributed by atoms with E-state index >= 15 is 0 Å². The van der Waals surface area contributed by atoms with Gasteiger partial charge in [-0.3, -0.25) is 0 Å². The molecule has 0 unspecified atom stereocenters. The van der Waals surface area contributed by atoms with Gasteiger partial charge in [-0.2, -0.15) is 0 Å². The average Bonchev–Trinajstić information content (AvgIpc) is 1.37. The summed E-state index contributed by atoms with van der Waals surface area (Å²) in [6.07, 6.45) is 0. The Kier molecular flexibility index (Phi) is 75.5. The Morgan fingerprint density at radius 2 is 1.00 bits per heavy atom. The number of hydrogen-bond acceptors (Lipinski definition) is 2. The molecule has 0 amide bonds. The topological polar surface area (TPSA) is 52.0 Å². The molecule has 0 fully saturated rings. The first-order chi connectivity index (χ1) is 1.91. The molecule has 0 spiro atoms. The molecule has 0 radical (unpaired) electrons. The zero-order valence-corrected chi connectivity index (χ0v) is 2.57. The van der Waals surface area contributed by atoms with Crippen LogP contribution in [0, 0.1) is 0 Å². The van der Waals surface area contributed by atoms with Crippen LogP contribution in [-0.4, -0.2) is 95.3 Å². The molecule has 0 aliphatic carbocycles. The third-order valence-electron chi connectivity index (χ3n) is 0.167. The molecular formula is C2H12MgN2Na2. The summed E-state index contributed by atoms with van der Waals surface area (Å²) in [5.41, 5.74) is 9.81. The van der Waals surface area contributed by atoms with Gasteiger partial charge in [0.15, 0.2) is 0 Å². The van der Waals surface area contributed by atoms with Crippen LogP contribution < -0.4 is 11.5 Å². The van der Waals surface area contributed by atoms with Gasteiger partial charge in [0.2, 0.25) is 0 Å². The molecule has 0 rings (SSSR count). The molecule has 2 nitrogen and oxygen atoms in total. The van der Waals surface area contributed by atoms with Crippen molar-refractivity contribution >= 4 is 82.2 Å². The van der Waals surface area contributed by atoms with Gasteiger partial charge in [0, 0.05) is 13.1 Å². The predicted molar refractivity (Wildman–Crippen MR) is 41.0 cm³/mol. The Labute approximate surface area is 105 Å². The Bertz CT molecular complexity index is 15.7. The molecule has 0 saturated heterocycles. The van der Waals surface area contributed by atoms with Crippen LogP contribution in [0.25, 0.3) is 0 Å². The quantitative estimate of drug-likeness (QED) is 0.369. The van der Waals surface area contributed by atoms with E-state index in [1.807, 2.05) is 0 Å². The summed E-state index contributed by atoms with van der Waals surface area (Å²) in [5.74, 6) is 0. The molecule has 0 bridgehead atoms. The maximum atomic E-state index is 4.90. The van der Waals surface area contributed by atoms with Crippen LogP contribution in [-0.2, 0) is 0 Å². The second-order valence-electron chi connectivity index (χ2n) is 0.577. The first-order valence-corrected chi connectivity index (χ1v) is 1.32. The average molecular weight is 134 g/mol. The molecule has 5 heteroatoms. The molecule has 0 aromatic carbocycles. The van der Waals surface area contributed by atoms with E-state index < -0.39 is 0 Å². The summed E-state index contributed by atoms with van der Waals surface area (Å²) >= 11 is 0. The molecule has 0 aromatic rings. The minimum atomic E-state index is 0. The van der Waals surface area contributed by atoms with E-state index in [0.717, 1.165) is 0 Å². The fourth-order valence-corrected chi connectivity index (χ4v) is 0. The van der Waals surface area contributed by atoms with E-state index in [9.17, 15) is 0 Å². The zero-order valence-electron chi connectivity index (χ0n) is 2.57. The van der Waals surface area contributed by atoms with Gasteiger partial charge >= 0.3 is 82.2 Å². The molecule has 0 atom stereocenters. The molecule has 0 heterocycles. The number of rotatable bonds is 1. The van der Waals surface area contributed by atoms with E-state index in [0.29, 0.717) is 13.1 Å². The van der Waals surface area contributed by atoms with E-state index in [1.165, 1.54) is 0 Å². The molecule has 0 aliphatic heterocycles. The summed E-state index contributed by atoms with van der Waals surface area (Å²) in [6, 6.07) is 0. The molecule has 0 aromatic heterocycles. The van der Waals surface area contributed by atoms with Gasteiger partial charge in [0.25, 0.3) is 0 Å². The summed E-state index contributed by atoms with van der Waals surface area (Å²) in [4.78, 5) is 0. The Morgan fingerprint density at radius 3 is 1.00 bits per heavy atom. The van der Waals surface area contributed by atoms with Crippen LogP contribution in [0.3, 0.4) is 0 Å². The molecule has 0 saturated carbocycles. The van der Waals surface area contributed by atoms with Crippen LogP contribution in [0.5, 0.6) is 0 Å². The number of nitrogens with two attached hydrogens (primary N) is 2. The van der Waals surface area contributed by atoms with Crippen molar-refractivity contribution in [2.45, 2.75) is 0 Å². The van der Waals surface area contributed by atoms with Crippen molar-refractivity contribution in [1.29, 1.82) is 0 Å². The van der Waals surface area contributed by atoms with E-state index in [-0.39, 0.29) is 82.2 Å². The normalized spacial score (nSPS) is 4.29. The standard InChI is InChI=1S/C2H8N2.Mg.2Na.4H/c3-1-2-4;;;;;;;/h1-4H2;;;;;;;. The number of hydrogen-bond donors (Lipinski definition) is 2. The minimum absolute atomic E-state index is 0. The molecule has 0 aliphatic rings. The summed E-state index contributed by atoms with van der Waals surface area (Å²) < 4.78 is 0. The SMILES string of the molecule is NCCN.[MgH2].[NaH].[NaH]. The van der Waals surface area contributed by atoms with Gasteiger partial charge in [0.1, 0.15) is 0 Å². The second-order valence-corrected chi connectivity index (χ2v) is 0.577. The van der Waals surface area contributed by atoms with Crippen molar-refractivity contribution < 1.29 is 0 Å². The van der Waals surface area contributed by atoms with Crippen LogP contribution >= 0.6 is 0 Å². The van der Waals surface area contributed by atoms with Gasteiger partial charge in [0.05, 0.1) is 0 Å². The summed E-state index contributed by atoms with van der Waals surface area (Å²) in [7, 11) is 0. The van der Waals surface area contributed by atoms with Gasteiger partial charge in [-0.25, -0.2) is 0 Å². The molecule has 7 heavy (non-hydrogen) atoms. The van der Waals surface area contributed by atoms with Gasteiger partial charge in [-0.05, 0) is 0 Å². The van der Waals surface area contributed by atoms with Crippen LogP contribution in [0.15, 0.2) is 0 Å². The summed E-state index contributed by atoms with van der Waals surface area (Å²) in [5, 5.41) is 0. The third-order valence-corrected chi connectivity index (χ3v) is 0.167. The zero-order chi connectivity index (χ0) is 3.41. The van der Waals surface area contributed by atoms with E-state index in [4.69, 9.17) is 11.5 Å². The molecule has 4 N–H and O–H groups in total. The van der Waals surface area contributed by atoms with Crippen molar-refractivity contribution in [1.82, 2.24) is 0 Å². The molecule has 34 valence electrons. The second kappa shape index (κ2) is 23.4. The fourth-order valence-electron chi connectivity index (χ4n) is 0. The predicted octanol–water partition coefficient (Wildman–Crippen LogP) is -3.31. The van der Waals surface area contributed by atoms with E-state index in [1.54, 1.807) is 0 Å². The van der Waals surface area contributed by atoms with Crippen molar-refractivity contribution in [3.05, 3.63) is 0 Å².